The average molecular weight is 399 g/mol. The van der Waals surface area contributed by atoms with Crippen molar-refractivity contribution in [3.8, 4) is 17.0 Å². The molecule has 152 valence electrons. The summed E-state index contributed by atoms with van der Waals surface area (Å²) in [6.07, 6.45) is 3.13. The number of pyridine rings is 1. The fourth-order valence-electron chi connectivity index (χ4n) is 3.47. The van der Waals surface area contributed by atoms with E-state index in [0.29, 0.717) is 18.7 Å². The molecule has 0 aliphatic heterocycles. The van der Waals surface area contributed by atoms with Gasteiger partial charge in [0.25, 0.3) is 0 Å². The van der Waals surface area contributed by atoms with Crippen molar-refractivity contribution in [1.29, 1.82) is 0 Å². The zero-order valence-electron chi connectivity index (χ0n) is 17.3. The second-order valence-corrected chi connectivity index (χ2v) is 7.25. The molecule has 0 amide bonds. The lowest BCUT2D eigenvalue weighted by Gasteiger charge is -2.12. The Balaban J connectivity index is 1.79. The number of hydrogen-bond acceptors (Lipinski definition) is 4. The van der Waals surface area contributed by atoms with Crippen molar-refractivity contribution in [2.24, 2.45) is 0 Å². The molecule has 0 saturated heterocycles. The normalized spacial score (nSPS) is 10.9. The Morgan fingerprint density at radius 3 is 2.60 bits per heavy atom. The van der Waals surface area contributed by atoms with Gasteiger partial charge in [-0.3, -0.25) is 9.20 Å². The number of para-hydroxylation sites is 1. The Morgan fingerprint density at radius 2 is 1.80 bits per heavy atom. The third-order valence-corrected chi connectivity index (χ3v) is 4.97. The summed E-state index contributed by atoms with van der Waals surface area (Å²) >= 11 is 0. The van der Waals surface area contributed by atoms with Gasteiger partial charge in [-0.05, 0) is 42.7 Å². The number of imidazole rings is 1. The molecule has 0 aliphatic rings. The Bertz CT molecular complexity index is 1170. The average Bonchev–Trinajstić information content (AvgIpc) is 3.13. The van der Waals surface area contributed by atoms with Gasteiger partial charge in [0.2, 0.25) is 0 Å². The van der Waals surface area contributed by atoms with Crippen LogP contribution >= 0.6 is 0 Å². The molecule has 0 aliphatic carbocycles. The van der Waals surface area contributed by atoms with E-state index < -0.39 is 0 Å². The fraction of sp³-hybridized carbons (Fsp3) is 0.200. The number of aryl methyl sites for hydroxylation is 1. The first-order valence-corrected chi connectivity index (χ1v) is 10.2. The molecule has 4 rings (SSSR count). The molecule has 0 saturated carbocycles. The maximum absolute atomic E-state index is 12.2. The summed E-state index contributed by atoms with van der Waals surface area (Å²) < 4.78 is 7.72. The third-order valence-electron chi connectivity index (χ3n) is 4.97. The number of ether oxygens (including phenoxy) is 1. The fourth-order valence-corrected chi connectivity index (χ4v) is 3.47. The first-order chi connectivity index (χ1) is 14.7. The predicted molar refractivity (Wildman–Crippen MR) is 120 cm³/mol. The summed E-state index contributed by atoms with van der Waals surface area (Å²) in [5.74, 6) is 1.17. The van der Waals surface area contributed by atoms with Crippen LogP contribution < -0.4 is 10.1 Å². The van der Waals surface area contributed by atoms with Crippen molar-refractivity contribution in [3.63, 3.8) is 0 Å². The molecule has 5 heteroatoms. The van der Waals surface area contributed by atoms with E-state index in [0.717, 1.165) is 34.7 Å². The SMILES string of the molecule is CCCC(=O)Oc1ccccc1-c1nc2c(C)cccn2c1NCc1ccccc1. The summed E-state index contributed by atoms with van der Waals surface area (Å²) in [6.45, 7) is 4.66. The van der Waals surface area contributed by atoms with Crippen LogP contribution in [-0.4, -0.2) is 15.4 Å². The van der Waals surface area contributed by atoms with Crippen LogP contribution in [0, 0.1) is 6.92 Å². The smallest absolute Gasteiger partial charge is 0.311 e. The first-order valence-electron chi connectivity index (χ1n) is 10.2. The number of nitrogens with zero attached hydrogens (tertiary/aromatic N) is 2. The number of esters is 1. The van der Waals surface area contributed by atoms with E-state index in [9.17, 15) is 4.79 Å². The van der Waals surface area contributed by atoms with Crippen LogP contribution in [0.5, 0.6) is 5.75 Å². The van der Waals surface area contributed by atoms with E-state index >= 15 is 0 Å². The zero-order valence-corrected chi connectivity index (χ0v) is 17.3. The minimum absolute atomic E-state index is 0.233. The van der Waals surface area contributed by atoms with Gasteiger partial charge in [0.05, 0.1) is 0 Å². The number of benzene rings is 2. The second-order valence-electron chi connectivity index (χ2n) is 7.25. The van der Waals surface area contributed by atoms with E-state index in [2.05, 4.69) is 21.9 Å². The van der Waals surface area contributed by atoms with Crippen molar-refractivity contribution in [2.45, 2.75) is 33.2 Å². The van der Waals surface area contributed by atoms with Crippen LogP contribution in [0.2, 0.25) is 0 Å². The van der Waals surface area contributed by atoms with Crippen LogP contribution in [0.3, 0.4) is 0 Å². The molecule has 30 heavy (non-hydrogen) atoms. The second kappa shape index (κ2) is 8.82. The molecule has 2 heterocycles. The van der Waals surface area contributed by atoms with Crippen LogP contribution in [0.25, 0.3) is 16.9 Å². The minimum atomic E-state index is -0.233. The Kier molecular flexibility index (Phi) is 5.80. The highest BCUT2D eigenvalue weighted by Gasteiger charge is 2.19. The third kappa shape index (κ3) is 4.06. The largest absolute Gasteiger partial charge is 0.426 e. The van der Waals surface area contributed by atoms with E-state index in [1.54, 1.807) is 0 Å². The summed E-state index contributed by atoms with van der Waals surface area (Å²) in [7, 11) is 0. The Morgan fingerprint density at radius 1 is 1.03 bits per heavy atom. The van der Waals surface area contributed by atoms with E-state index in [1.165, 1.54) is 5.56 Å². The van der Waals surface area contributed by atoms with Gasteiger partial charge < -0.3 is 10.1 Å². The van der Waals surface area contributed by atoms with Crippen molar-refractivity contribution < 1.29 is 9.53 Å². The van der Waals surface area contributed by atoms with Gasteiger partial charge >= 0.3 is 5.97 Å². The molecule has 0 bridgehead atoms. The van der Waals surface area contributed by atoms with Crippen LogP contribution in [-0.2, 0) is 11.3 Å². The zero-order chi connectivity index (χ0) is 20.9. The van der Waals surface area contributed by atoms with Crippen LogP contribution in [0.1, 0.15) is 30.9 Å². The van der Waals surface area contributed by atoms with E-state index in [4.69, 9.17) is 9.72 Å². The minimum Gasteiger partial charge on any atom is -0.426 e. The summed E-state index contributed by atoms with van der Waals surface area (Å²) in [4.78, 5) is 17.1. The van der Waals surface area contributed by atoms with E-state index in [-0.39, 0.29) is 5.97 Å². The highest BCUT2D eigenvalue weighted by atomic mass is 16.5. The van der Waals surface area contributed by atoms with Gasteiger partial charge in [0.1, 0.15) is 22.9 Å². The van der Waals surface area contributed by atoms with Gasteiger partial charge in [-0.2, -0.15) is 0 Å². The van der Waals surface area contributed by atoms with Crippen LogP contribution in [0.4, 0.5) is 5.82 Å². The van der Waals surface area contributed by atoms with Crippen molar-refractivity contribution in [3.05, 3.63) is 84.1 Å². The number of carbonyl (C=O) groups is 1. The van der Waals surface area contributed by atoms with E-state index in [1.807, 2.05) is 74.6 Å². The predicted octanol–water partition coefficient (Wildman–Crippen LogP) is 5.63. The maximum atomic E-state index is 12.2. The number of fused-ring (bicyclic) bond motifs is 1. The number of carbonyl (C=O) groups excluding carboxylic acids is 1. The van der Waals surface area contributed by atoms with Crippen molar-refractivity contribution in [2.75, 3.05) is 5.32 Å². The number of nitrogens with one attached hydrogen (secondary N) is 1. The van der Waals surface area contributed by atoms with Gasteiger partial charge in [0, 0.05) is 24.7 Å². The summed E-state index contributed by atoms with van der Waals surface area (Å²) in [5.41, 5.74) is 4.68. The highest BCUT2D eigenvalue weighted by Crippen LogP contribution is 2.36. The maximum Gasteiger partial charge on any atom is 0.311 e. The summed E-state index contributed by atoms with van der Waals surface area (Å²) in [6, 6.07) is 21.9. The lowest BCUT2D eigenvalue weighted by atomic mass is 10.1. The molecule has 0 fully saturated rings. The number of aromatic nitrogens is 2. The molecule has 0 atom stereocenters. The van der Waals surface area contributed by atoms with Gasteiger partial charge in [-0.25, -0.2) is 4.98 Å². The molecule has 0 unspecified atom stereocenters. The molecular formula is C25H25N3O2. The lowest BCUT2D eigenvalue weighted by Crippen LogP contribution is -2.08. The first kappa shape index (κ1) is 19.7. The topological polar surface area (TPSA) is 55.6 Å². The lowest BCUT2D eigenvalue weighted by molar-refractivity contribution is -0.134. The van der Waals surface area contributed by atoms with Crippen molar-refractivity contribution in [1.82, 2.24) is 9.38 Å². The Labute approximate surface area is 176 Å². The molecule has 0 radical (unpaired) electrons. The molecule has 1 N–H and O–H groups in total. The molecular weight excluding hydrogens is 374 g/mol. The quantitative estimate of drug-likeness (QED) is 0.323. The van der Waals surface area contributed by atoms with Crippen LogP contribution in [0.15, 0.2) is 72.9 Å². The molecule has 2 aromatic heterocycles. The highest BCUT2D eigenvalue weighted by molar-refractivity contribution is 5.83. The van der Waals surface area contributed by atoms with Gasteiger partial charge in [-0.1, -0.05) is 55.5 Å². The number of hydrogen-bond donors (Lipinski definition) is 1. The number of rotatable bonds is 7. The van der Waals surface area contributed by atoms with Crippen molar-refractivity contribution >= 4 is 17.4 Å². The monoisotopic (exact) mass is 399 g/mol. The van der Waals surface area contributed by atoms with Gasteiger partial charge in [-0.15, -0.1) is 0 Å². The standard InChI is InChI=1S/C25H25N3O2/c1-3-10-22(29)30-21-15-8-7-14-20(21)23-25(26-17-19-12-5-4-6-13-19)28-16-9-11-18(2)24(28)27-23/h4-9,11-16,26H,3,10,17H2,1-2H3. The Hall–Kier alpha value is -3.60. The molecule has 0 spiro atoms. The molecule has 4 aromatic rings. The summed E-state index contributed by atoms with van der Waals surface area (Å²) in [5, 5.41) is 3.54. The number of anilines is 1. The molecule has 2 aromatic carbocycles. The van der Waals surface area contributed by atoms with Gasteiger partial charge in [0.15, 0.2) is 0 Å². The molecule has 5 nitrogen and oxygen atoms in total.